The van der Waals surface area contributed by atoms with Crippen LogP contribution in [0.2, 0.25) is 0 Å². The number of benzene rings is 1. The van der Waals surface area contributed by atoms with E-state index in [0.717, 1.165) is 25.2 Å². The monoisotopic (exact) mass is 308 g/mol. The number of rotatable bonds is 6. The molecule has 2 nitrogen and oxygen atoms in total. The molecule has 0 aliphatic heterocycles. The van der Waals surface area contributed by atoms with Crippen LogP contribution in [-0.2, 0) is 6.54 Å². The fourth-order valence-electron chi connectivity index (χ4n) is 2.45. The van der Waals surface area contributed by atoms with Gasteiger partial charge in [-0.05, 0) is 66.2 Å². The van der Waals surface area contributed by atoms with Crippen molar-refractivity contribution in [2.45, 2.75) is 51.2 Å². The van der Waals surface area contributed by atoms with E-state index in [2.05, 4.69) is 51.3 Å². The zero-order chi connectivity index (χ0) is 12.5. The first-order valence-corrected chi connectivity index (χ1v) is 7.85. The van der Waals surface area contributed by atoms with E-state index >= 15 is 0 Å². The van der Waals surface area contributed by atoms with Gasteiger partial charge < -0.3 is 10.2 Å². The van der Waals surface area contributed by atoms with Gasteiger partial charge in [0.15, 0.2) is 0 Å². The first-order valence-electron chi connectivity index (χ1n) is 7.06. The largest absolute Gasteiger partial charge is 0.368 e. The van der Waals surface area contributed by atoms with Gasteiger partial charge in [-0.25, -0.2) is 0 Å². The fourth-order valence-corrected chi connectivity index (χ4v) is 3.11. The van der Waals surface area contributed by atoms with Gasteiger partial charge in [0.1, 0.15) is 0 Å². The van der Waals surface area contributed by atoms with Crippen LogP contribution in [0.15, 0.2) is 22.7 Å². The Bertz CT molecular complexity index is 425. The molecule has 1 N–H and O–H groups in total. The summed E-state index contributed by atoms with van der Waals surface area (Å²) in [6.07, 6.45) is 5.41. The summed E-state index contributed by atoms with van der Waals surface area (Å²) in [6.45, 7) is 4.34. The summed E-state index contributed by atoms with van der Waals surface area (Å²) in [6, 6.07) is 8.37. The predicted octanol–water partition coefficient (Wildman–Crippen LogP) is 3.69. The van der Waals surface area contributed by atoms with E-state index in [-0.39, 0.29) is 0 Å². The second-order valence-corrected chi connectivity index (χ2v) is 6.31. The molecule has 0 aromatic heterocycles. The minimum absolute atomic E-state index is 0.779. The molecular weight excluding hydrogens is 288 g/mol. The lowest BCUT2D eigenvalue weighted by Crippen LogP contribution is -2.25. The molecule has 18 heavy (non-hydrogen) atoms. The van der Waals surface area contributed by atoms with Crippen LogP contribution in [-0.4, -0.2) is 18.6 Å². The van der Waals surface area contributed by atoms with Gasteiger partial charge in [-0.1, -0.05) is 6.07 Å². The highest BCUT2D eigenvalue weighted by molar-refractivity contribution is 9.10. The summed E-state index contributed by atoms with van der Waals surface area (Å²) in [7, 11) is 0. The first kappa shape index (κ1) is 12.5. The number of halogens is 1. The SMILES string of the molecule is CCN(c1ccc(CNC2CC2)cc1Br)C1CC1. The Morgan fingerprint density at radius 3 is 2.61 bits per heavy atom. The van der Waals surface area contributed by atoms with Crippen molar-refractivity contribution >= 4 is 21.6 Å². The maximum Gasteiger partial charge on any atom is 0.0513 e. The van der Waals surface area contributed by atoms with Crippen LogP contribution in [0.3, 0.4) is 0 Å². The Balaban J connectivity index is 1.70. The number of anilines is 1. The number of nitrogens with zero attached hydrogens (tertiary/aromatic N) is 1. The van der Waals surface area contributed by atoms with Crippen molar-refractivity contribution in [1.29, 1.82) is 0 Å². The van der Waals surface area contributed by atoms with E-state index in [1.807, 2.05) is 0 Å². The van der Waals surface area contributed by atoms with E-state index in [0.29, 0.717) is 0 Å². The lowest BCUT2D eigenvalue weighted by atomic mass is 10.2. The molecule has 2 fully saturated rings. The molecule has 1 aromatic rings. The summed E-state index contributed by atoms with van der Waals surface area (Å²) in [5.41, 5.74) is 2.74. The van der Waals surface area contributed by atoms with Crippen LogP contribution >= 0.6 is 15.9 Å². The van der Waals surface area contributed by atoms with Gasteiger partial charge in [0.2, 0.25) is 0 Å². The van der Waals surface area contributed by atoms with Crippen LogP contribution in [0.5, 0.6) is 0 Å². The molecule has 0 radical (unpaired) electrons. The Labute approximate surface area is 118 Å². The van der Waals surface area contributed by atoms with Crippen molar-refractivity contribution in [2.24, 2.45) is 0 Å². The van der Waals surface area contributed by atoms with Crippen LogP contribution in [0.1, 0.15) is 38.2 Å². The van der Waals surface area contributed by atoms with Gasteiger partial charge >= 0.3 is 0 Å². The summed E-state index contributed by atoms with van der Waals surface area (Å²) in [5, 5.41) is 3.56. The molecule has 98 valence electrons. The third kappa shape index (κ3) is 2.89. The van der Waals surface area contributed by atoms with Crippen molar-refractivity contribution in [3.8, 4) is 0 Å². The smallest absolute Gasteiger partial charge is 0.0513 e. The molecule has 0 unspecified atom stereocenters. The van der Waals surface area contributed by atoms with E-state index in [1.54, 1.807) is 0 Å². The molecule has 0 heterocycles. The normalized spacial score (nSPS) is 19.0. The molecule has 0 atom stereocenters. The average molecular weight is 309 g/mol. The van der Waals surface area contributed by atoms with Gasteiger partial charge in [0, 0.05) is 29.6 Å². The standard InChI is InChI=1S/C15H21BrN2/c1-2-18(13-6-7-13)15-8-3-11(9-14(15)16)10-17-12-4-5-12/h3,8-9,12-13,17H,2,4-7,10H2,1H3. The van der Waals surface area contributed by atoms with Gasteiger partial charge in [-0.2, -0.15) is 0 Å². The molecule has 2 aliphatic rings. The predicted molar refractivity (Wildman–Crippen MR) is 80.0 cm³/mol. The zero-order valence-electron chi connectivity index (χ0n) is 11.0. The molecule has 0 amide bonds. The highest BCUT2D eigenvalue weighted by Gasteiger charge is 2.29. The van der Waals surface area contributed by atoms with Gasteiger partial charge in [-0.15, -0.1) is 0 Å². The number of hydrogen-bond donors (Lipinski definition) is 1. The third-order valence-electron chi connectivity index (χ3n) is 3.82. The van der Waals surface area contributed by atoms with Crippen molar-refractivity contribution in [3.63, 3.8) is 0 Å². The molecule has 1 aromatic carbocycles. The Hall–Kier alpha value is -0.540. The molecule has 2 saturated carbocycles. The van der Waals surface area contributed by atoms with Crippen LogP contribution in [0, 0.1) is 0 Å². The minimum Gasteiger partial charge on any atom is -0.368 e. The lowest BCUT2D eigenvalue weighted by molar-refractivity contribution is 0.687. The lowest BCUT2D eigenvalue weighted by Gasteiger charge is -2.24. The Kier molecular flexibility index (Phi) is 3.62. The number of hydrogen-bond acceptors (Lipinski definition) is 2. The summed E-state index contributed by atoms with van der Waals surface area (Å²) in [5.74, 6) is 0. The zero-order valence-corrected chi connectivity index (χ0v) is 12.5. The molecule has 2 aliphatic carbocycles. The van der Waals surface area contributed by atoms with Crippen LogP contribution in [0.25, 0.3) is 0 Å². The van der Waals surface area contributed by atoms with Gasteiger partial charge in [0.05, 0.1) is 5.69 Å². The molecule has 0 spiro atoms. The topological polar surface area (TPSA) is 15.3 Å². The minimum atomic E-state index is 0.779. The van der Waals surface area contributed by atoms with E-state index in [9.17, 15) is 0 Å². The maximum atomic E-state index is 3.74. The van der Waals surface area contributed by atoms with Gasteiger partial charge in [0.25, 0.3) is 0 Å². The maximum absolute atomic E-state index is 3.74. The highest BCUT2D eigenvalue weighted by atomic mass is 79.9. The average Bonchev–Trinajstić information content (AvgIpc) is 3.24. The molecule has 3 rings (SSSR count). The molecule has 0 saturated heterocycles. The summed E-state index contributed by atoms with van der Waals surface area (Å²) in [4.78, 5) is 2.52. The van der Waals surface area contributed by atoms with Crippen LogP contribution < -0.4 is 10.2 Å². The van der Waals surface area contributed by atoms with E-state index in [1.165, 1.54) is 41.4 Å². The number of nitrogens with one attached hydrogen (secondary N) is 1. The summed E-state index contributed by atoms with van der Waals surface area (Å²) >= 11 is 3.74. The van der Waals surface area contributed by atoms with Crippen molar-refractivity contribution in [3.05, 3.63) is 28.2 Å². The quantitative estimate of drug-likeness (QED) is 0.862. The van der Waals surface area contributed by atoms with Crippen LogP contribution in [0.4, 0.5) is 5.69 Å². The Morgan fingerprint density at radius 1 is 1.28 bits per heavy atom. The van der Waals surface area contributed by atoms with E-state index in [4.69, 9.17) is 0 Å². The van der Waals surface area contributed by atoms with E-state index < -0.39 is 0 Å². The first-order chi connectivity index (χ1) is 8.78. The third-order valence-corrected chi connectivity index (χ3v) is 4.46. The Morgan fingerprint density at radius 2 is 2.06 bits per heavy atom. The fraction of sp³-hybridized carbons (Fsp3) is 0.600. The second kappa shape index (κ2) is 5.22. The molecular formula is C15H21BrN2. The van der Waals surface area contributed by atoms with Crippen molar-refractivity contribution in [2.75, 3.05) is 11.4 Å². The second-order valence-electron chi connectivity index (χ2n) is 5.46. The molecule has 3 heteroatoms. The van der Waals surface area contributed by atoms with Gasteiger partial charge in [-0.3, -0.25) is 0 Å². The highest BCUT2D eigenvalue weighted by Crippen LogP contribution is 2.36. The van der Waals surface area contributed by atoms with Crippen molar-refractivity contribution < 1.29 is 0 Å². The summed E-state index contributed by atoms with van der Waals surface area (Å²) < 4.78 is 1.24. The van der Waals surface area contributed by atoms with Crippen molar-refractivity contribution in [1.82, 2.24) is 5.32 Å². The molecule has 0 bridgehead atoms.